The molecule has 1 aliphatic heterocycles. The average Bonchev–Trinajstić information content (AvgIpc) is 2.95. The standard InChI is InChI=1S/C32H47FN4O4/c1-4-7-24-10-12-37(11-5-2)32(40)9-8-31(39)36-29(16-25-14-27(33)17-28(15-25)41-22-24)30(38)21-35-20-26-13-23(6-3)18-34-19-26/h13-15,17-19,24,29-30,35,38H,4-12,16,20-22H2,1-3H3,(H,36,39)/t24?,29-,30+/m0/s1. The number of hydrogen-bond donors (Lipinski definition) is 3. The van der Waals surface area contributed by atoms with Gasteiger partial charge in [0.05, 0.1) is 18.8 Å². The highest BCUT2D eigenvalue weighted by molar-refractivity contribution is 5.84. The summed E-state index contributed by atoms with van der Waals surface area (Å²) in [5, 5.41) is 17.3. The zero-order chi connectivity index (χ0) is 29.6. The summed E-state index contributed by atoms with van der Waals surface area (Å²) in [6.07, 6.45) is 7.44. The Bertz CT molecular complexity index is 1110. The number of nitrogens with zero attached hydrogens (tertiary/aromatic N) is 2. The van der Waals surface area contributed by atoms with E-state index in [1.807, 2.05) is 18.0 Å². The van der Waals surface area contributed by atoms with Crippen LogP contribution in [-0.2, 0) is 29.0 Å². The van der Waals surface area contributed by atoms with E-state index in [-0.39, 0.29) is 43.5 Å². The summed E-state index contributed by atoms with van der Waals surface area (Å²) in [4.78, 5) is 32.1. The van der Waals surface area contributed by atoms with E-state index >= 15 is 0 Å². The van der Waals surface area contributed by atoms with Crippen LogP contribution in [0, 0.1) is 11.7 Å². The lowest BCUT2D eigenvalue weighted by atomic mass is 9.99. The average molecular weight is 571 g/mol. The first-order valence-corrected chi connectivity index (χ1v) is 15.1. The fraction of sp³-hybridized carbons (Fsp3) is 0.594. The minimum Gasteiger partial charge on any atom is -0.493 e. The number of fused-ring (bicyclic) bond motifs is 2. The summed E-state index contributed by atoms with van der Waals surface area (Å²) in [6.45, 7) is 8.61. The number of aliphatic hydroxyl groups is 1. The van der Waals surface area contributed by atoms with Crippen molar-refractivity contribution in [1.82, 2.24) is 20.5 Å². The van der Waals surface area contributed by atoms with E-state index in [1.54, 1.807) is 12.3 Å². The van der Waals surface area contributed by atoms with Gasteiger partial charge in [0.2, 0.25) is 11.8 Å². The van der Waals surface area contributed by atoms with Gasteiger partial charge >= 0.3 is 0 Å². The number of amides is 2. The van der Waals surface area contributed by atoms with Crippen molar-refractivity contribution >= 4 is 11.8 Å². The molecule has 8 nitrogen and oxygen atoms in total. The van der Waals surface area contributed by atoms with Crippen molar-refractivity contribution in [2.45, 2.75) is 90.8 Å². The molecule has 3 N–H and O–H groups in total. The molecular formula is C32H47FN4O4. The number of benzene rings is 1. The molecule has 0 spiro atoms. The van der Waals surface area contributed by atoms with Gasteiger partial charge in [0, 0.05) is 57.5 Å². The van der Waals surface area contributed by atoms with Crippen LogP contribution in [0.25, 0.3) is 0 Å². The number of carbonyl (C=O) groups excluding carboxylic acids is 2. The van der Waals surface area contributed by atoms with Crippen LogP contribution in [0.1, 0.15) is 76.0 Å². The topological polar surface area (TPSA) is 104 Å². The van der Waals surface area contributed by atoms with Crippen molar-refractivity contribution in [3.63, 3.8) is 0 Å². The van der Waals surface area contributed by atoms with Crippen LogP contribution in [0.2, 0.25) is 0 Å². The number of hydrogen-bond acceptors (Lipinski definition) is 6. The lowest BCUT2D eigenvalue weighted by Crippen LogP contribution is -2.49. The van der Waals surface area contributed by atoms with E-state index in [4.69, 9.17) is 4.74 Å². The van der Waals surface area contributed by atoms with Crippen LogP contribution in [0.3, 0.4) is 0 Å². The SMILES string of the molecule is CCCC1CCN(CCC)C(=O)CCC(=O)N[C@H]([C@H](O)CNCc2cncc(CC)c2)Cc2cc(F)cc(c2)OC1. The highest BCUT2D eigenvalue weighted by Gasteiger charge is 2.24. The van der Waals surface area contributed by atoms with Gasteiger partial charge in [-0.1, -0.05) is 33.3 Å². The van der Waals surface area contributed by atoms with Gasteiger partial charge < -0.3 is 25.4 Å². The van der Waals surface area contributed by atoms with Gasteiger partial charge in [-0.25, -0.2) is 4.39 Å². The van der Waals surface area contributed by atoms with E-state index in [9.17, 15) is 19.1 Å². The number of halogens is 1. The van der Waals surface area contributed by atoms with Gasteiger partial charge in [-0.2, -0.15) is 0 Å². The van der Waals surface area contributed by atoms with Crippen LogP contribution in [-0.4, -0.2) is 65.2 Å². The predicted molar refractivity (Wildman–Crippen MR) is 158 cm³/mol. The molecule has 1 unspecified atom stereocenters. The highest BCUT2D eigenvalue weighted by atomic mass is 19.1. The smallest absolute Gasteiger partial charge is 0.223 e. The van der Waals surface area contributed by atoms with Crippen LogP contribution < -0.4 is 15.4 Å². The molecule has 0 radical (unpaired) electrons. The number of nitrogens with one attached hydrogen (secondary N) is 2. The molecule has 1 aromatic carbocycles. The van der Waals surface area contributed by atoms with Gasteiger partial charge in [0.25, 0.3) is 0 Å². The molecule has 2 aromatic rings. The molecule has 2 bridgehead atoms. The van der Waals surface area contributed by atoms with Crippen molar-refractivity contribution in [2.24, 2.45) is 5.92 Å². The molecule has 3 atom stereocenters. The van der Waals surface area contributed by atoms with Crippen LogP contribution in [0.4, 0.5) is 4.39 Å². The molecule has 0 saturated carbocycles. The zero-order valence-corrected chi connectivity index (χ0v) is 24.8. The van der Waals surface area contributed by atoms with Crippen LogP contribution in [0.15, 0.2) is 36.7 Å². The molecule has 3 rings (SSSR count). The van der Waals surface area contributed by atoms with Crippen molar-refractivity contribution in [3.05, 3.63) is 59.2 Å². The maximum atomic E-state index is 14.6. The van der Waals surface area contributed by atoms with Crippen LogP contribution >= 0.6 is 0 Å². The molecule has 9 heteroatoms. The van der Waals surface area contributed by atoms with Gasteiger partial charge in [0.1, 0.15) is 11.6 Å². The zero-order valence-electron chi connectivity index (χ0n) is 24.8. The molecule has 226 valence electrons. The van der Waals surface area contributed by atoms with E-state index in [1.165, 1.54) is 12.1 Å². The summed E-state index contributed by atoms with van der Waals surface area (Å²) < 4.78 is 20.7. The van der Waals surface area contributed by atoms with Gasteiger partial charge in [-0.15, -0.1) is 0 Å². The molecular weight excluding hydrogens is 523 g/mol. The number of rotatable bonds is 10. The lowest BCUT2D eigenvalue weighted by molar-refractivity contribution is -0.134. The fourth-order valence-corrected chi connectivity index (χ4v) is 5.26. The number of aryl methyl sites for hydroxylation is 1. The Morgan fingerprint density at radius 3 is 2.68 bits per heavy atom. The Kier molecular flexibility index (Phi) is 13.5. The fourth-order valence-electron chi connectivity index (χ4n) is 5.26. The normalized spacial score (nSPS) is 19.9. The van der Waals surface area contributed by atoms with Crippen molar-refractivity contribution in [2.75, 3.05) is 26.2 Å². The maximum Gasteiger partial charge on any atom is 0.223 e. The second-order valence-electron chi connectivity index (χ2n) is 11.1. The van der Waals surface area contributed by atoms with Gasteiger partial charge in [0.15, 0.2) is 0 Å². The number of carbonyl (C=O) groups is 2. The minimum absolute atomic E-state index is 0.0288. The molecule has 0 aliphatic carbocycles. The quantitative estimate of drug-likeness (QED) is 0.396. The molecule has 1 aliphatic rings. The number of pyridine rings is 1. The van der Waals surface area contributed by atoms with E-state index < -0.39 is 18.0 Å². The number of aromatic nitrogens is 1. The molecule has 2 heterocycles. The first kappa shape index (κ1) is 32.5. The molecule has 2 amide bonds. The molecule has 1 aromatic heterocycles. The lowest BCUT2D eigenvalue weighted by Gasteiger charge is -2.27. The van der Waals surface area contributed by atoms with Gasteiger partial charge in [-0.3, -0.25) is 14.6 Å². The highest BCUT2D eigenvalue weighted by Crippen LogP contribution is 2.22. The summed E-state index contributed by atoms with van der Waals surface area (Å²) in [6, 6.07) is 5.94. The van der Waals surface area contributed by atoms with Gasteiger partial charge in [-0.05, 0) is 66.8 Å². The number of aliphatic hydroxyl groups excluding tert-OH is 1. The first-order valence-electron chi connectivity index (χ1n) is 15.1. The number of ether oxygens (including phenoxy) is 1. The second-order valence-corrected chi connectivity index (χ2v) is 11.1. The third-order valence-corrected chi connectivity index (χ3v) is 7.54. The molecule has 41 heavy (non-hydrogen) atoms. The third kappa shape index (κ3) is 11.0. The minimum atomic E-state index is -0.950. The second kappa shape index (κ2) is 17.0. The van der Waals surface area contributed by atoms with E-state index in [2.05, 4.69) is 35.5 Å². The Hall–Kier alpha value is -3.04. The van der Waals surface area contributed by atoms with Crippen molar-refractivity contribution in [3.8, 4) is 5.75 Å². The Morgan fingerprint density at radius 2 is 1.93 bits per heavy atom. The maximum absolute atomic E-state index is 14.6. The summed E-state index contributed by atoms with van der Waals surface area (Å²) in [5.74, 6) is -0.132. The summed E-state index contributed by atoms with van der Waals surface area (Å²) in [5.41, 5.74) is 2.75. The van der Waals surface area contributed by atoms with E-state index in [0.717, 1.165) is 43.2 Å². The molecule has 0 fully saturated rings. The van der Waals surface area contributed by atoms with Crippen LogP contribution in [0.5, 0.6) is 5.75 Å². The Labute approximate surface area is 244 Å². The third-order valence-electron chi connectivity index (χ3n) is 7.54. The molecule has 0 saturated heterocycles. The Morgan fingerprint density at radius 1 is 1.12 bits per heavy atom. The van der Waals surface area contributed by atoms with Crippen molar-refractivity contribution in [1.29, 1.82) is 0 Å². The Balaban J connectivity index is 1.78. The summed E-state index contributed by atoms with van der Waals surface area (Å²) in [7, 11) is 0. The predicted octanol–water partition coefficient (Wildman–Crippen LogP) is 4.18. The first-order chi connectivity index (χ1) is 19.8. The summed E-state index contributed by atoms with van der Waals surface area (Å²) >= 11 is 0. The van der Waals surface area contributed by atoms with E-state index in [0.29, 0.717) is 37.6 Å². The largest absolute Gasteiger partial charge is 0.493 e. The van der Waals surface area contributed by atoms with Crippen molar-refractivity contribution < 1.29 is 23.8 Å². The monoisotopic (exact) mass is 570 g/mol.